The van der Waals surface area contributed by atoms with E-state index in [0.717, 1.165) is 10.8 Å². The average molecular weight is 474 g/mol. The van der Waals surface area contributed by atoms with E-state index in [1.165, 1.54) is 27.2 Å². The van der Waals surface area contributed by atoms with E-state index >= 15 is 0 Å². The van der Waals surface area contributed by atoms with E-state index in [9.17, 15) is 0 Å². The van der Waals surface area contributed by atoms with Gasteiger partial charge in [0.05, 0.1) is 0 Å². The van der Waals surface area contributed by atoms with E-state index in [0.29, 0.717) is 0 Å². The Bertz CT molecular complexity index is 1080. The quantitative estimate of drug-likeness (QED) is 0.327. The molecule has 1 heterocycles. The normalized spacial score (nSPS) is 12.1. The fourth-order valence-electron chi connectivity index (χ4n) is 3.44. The average Bonchev–Trinajstić information content (AvgIpc) is 3.15. The first-order chi connectivity index (χ1) is 12.6. The zero-order valence-electron chi connectivity index (χ0n) is 18.6. The Labute approximate surface area is 208 Å². The van der Waals surface area contributed by atoms with Gasteiger partial charge in [0.15, 0.2) is 0 Å². The number of benzene rings is 2. The first-order valence-electron chi connectivity index (χ1n) is 9.50. The maximum Gasteiger partial charge on any atom is 4.00 e. The van der Waals surface area contributed by atoms with Crippen molar-refractivity contribution in [2.75, 3.05) is 0 Å². The Morgan fingerprint density at radius 2 is 1.47 bits per heavy atom. The Morgan fingerprint density at radius 1 is 0.833 bits per heavy atom. The predicted molar refractivity (Wildman–Crippen MR) is 117 cm³/mol. The molecule has 0 spiro atoms. The standard InChI is InChI=1S/C16H22N.C10H7.2ClH.Ti/c1-15(2,3)11-8-7-9-13-14(11)12(10-17-13)16(4,5)6;1-8-6-9-4-2-3-5-10(9)7-8;;;/h7-9,17H,1-6H3;2-6H,1H2;2*1H;/q2*-1;;;+4/p-2. The van der Waals surface area contributed by atoms with Crippen molar-refractivity contribution >= 4 is 23.1 Å². The van der Waals surface area contributed by atoms with Gasteiger partial charge in [0, 0.05) is 0 Å². The van der Waals surface area contributed by atoms with Crippen molar-refractivity contribution in [3.63, 3.8) is 0 Å². The molecule has 1 aromatic heterocycles. The molecule has 0 atom stereocenters. The first-order valence-corrected chi connectivity index (χ1v) is 9.50. The van der Waals surface area contributed by atoms with Gasteiger partial charge in [-0.25, -0.2) is 0 Å². The second-order valence-electron chi connectivity index (χ2n) is 9.23. The molecule has 0 bridgehead atoms. The van der Waals surface area contributed by atoms with Gasteiger partial charge in [-0.05, 0) is 10.8 Å². The van der Waals surface area contributed by atoms with Crippen LogP contribution < -0.4 is 35.3 Å². The van der Waals surface area contributed by atoms with Crippen LogP contribution >= 0.6 is 0 Å². The van der Waals surface area contributed by atoms with Gasteiger partial charge < -0.3 is 29.8 Å². The van der Waals surface area contributed by atoms with Crippen molar-refractivity contribution in [1.29, 1.82) is 0 Å². The van der Waals surface area contributed by atoms with Gasteiger partial charge in [0.2, 0.25) is 0 Å². The van der Waals surface area contributed by atoms with Crippen molar-refractivity contribution < 1.29 is 46.5 Å². The number of rotatable bonds is 0. The Balaban J connectivity index is 0.000000561. The molecule has 1 aliphatic rings. The molecular weight excluding hydrogens is 445 g/mol. The summed E-state index contributed by atoms with van der Waals surface area (Å²) < 4.78 is 0. The smallest absolute Gasteiger partial charge is 1.00 e. The molecule has 2 aromatic carbocycles. The molecule has 1 aliphatic carbocycles. The minimum absolute atomic E-state index is 0. The number of hydrogen-bond donors (Lipinski definition) is 1. The van der Waals surface area contributed by atoms with Crippen molar-refractivity contribution in [3.05, 3.63) is 82.4 Å². The maximum atomic E-state index is 3.80. The molecule has 1 nitrogen and oxygen atoms in total. The molecule has 0 amide bonds. The van der Waals surface area contributed by atoms with Crippen molar-refractivity contribution in [3.8, 4) is 0 Å². The van der Waals surface area contributed by atoms with E-state index in [1.807, 2.05) is 24.3 Å². The minimum atomic E-state index is 0. The summed E-state index contributed by atoms with van der Waals surface area (Å²) in [7, 11) is 0. The van der Waals surface area contributed by atoms with Crippen LogP contribution in [0.2, 0.25) is 0 Å². The Morgan fingerprint density at radius 3 is 2.03 bits per heavy atom. The molecule has 0 saturated carbocycles. The van der Waals surface area contributed by atoms with E-state index in [1.54, 1.807) is 0 Å². The van der Waals surface area contributed by atoms with Crippen LogP contribution in [0.25, 0.3) is 23.1 Å². The van der Waals surface area contributed by atoms with Crippen LogP contribution in [0.4, 0.5) is 0 Å². The molecule has 3 aromatic rings. The van der Waals surface area contributed by atoms with Gasteiger partial charge in [-0.3, -0.25) is 0 Å². The molecule has 0 fully saturated rings. The summed E-state index contributed by atoms with van der Waals surface area (Å²) in [5.74, 6) is 0. The van der Waals surface area contributed by atoms with Crippen molar-refractivity contribution in [2.24, 2.45) is 0 Å². The first kappa shape index (κ1) is 28.8. The van der Waals surface area contributed by atoms with Crippen LogP contribution in [0.15, 0.2) is 54.6 Å². The van der Waals surface area contributed by atoms with E-state index < -0.39 is 0 Å². The molecule has 4 rings (SSSR count). The maximum absolute atomic E-state index is 3.80. The van der Waals surface area contributed by atoms with Crippen LogP contribution in [0.1, 0.15) is 52.7 Å². The van der Waals surface area contributed by atoms with Gasteiger partial charge >= 0.3 is 21.7 Å². The van der Waals surface area contributed by atoms with Crippen LogP contribution in [0.3, 0.4) is 0 Å². The third-order valence-electron chi connectivity index (χ3n) is 4.78. The third-order valence-corrected chi connectivity index (χ3v) is 4.78. The zero-order chi connectivity index (χ0) is 19.8. The molecule has 0 radical (unpaired) electrons. The number of aromatic nitrogens is 1. The second-order valence-corrected chi connectivity index (χ2v) is 9.23. The number of halogens is 2. The number of nitrogens with one attached hydrogen (secondary N) is 1. The number of aromatic amines is 1. The zero-order valence-corrected chi connectivity index (χ0v) is 21.7. The van der Waals surface area contributed by atoms with Gasteiger partial charge in [-0.2, -0.15) is 6.58 Å². The monoisotopic (exact) mass is 473 g/mol. The van der Waals surface area contributed by atoms with Gasteiger partial charge in [0.25, 0.3) is 0 Å². The summed E-state index contributed by atoms with van der Waals surface area (Å²) in [4.78, 5) is 3.28. The van der Waals surface area contributed by atoms with Gasteiger partial charge in [0.1, 0.15) is 0 Å². The minimum Gasteiger partial charge on any atom is -1.00 e. The molecule has 30 heavy (non-hydrogen) atoms. The third kappa shape index (κ3) is 6.38. The van der Waals surface area contributed by atoms with Crippen molar-refractivity contribution in [1.82, 2.24) is 4.98 Å². The summed E-state index contributed by atoms with van der Waals surface area (Å²) in [5, 5.41) is 3.74. The Hall–Kier alpha value is -1.25. The van der Waals surface area contributed by atoms with E-state index in [4.69, 9.17) is 0 Å². The fourth-order valence-corrected chi connectivity index (χ4v) is 3.44. The van der Waals surface area contributed by atoms with Gasteiger partial charge in [-0.1, -0.05) is 77.4 Å². The predicted octanol–water partition coefficient (Wildman–Crippen LogP) is -0.737. The molecule has 0 saturated heterocycles. The van der Waals surface area contributed by atoms with E-state index in [2.05, 4.69) is 89.6 Å². The van der Waals surface area contributed by atoms with Crippen molar-refractivity contribution in [2.45, 2.75) is 52.4 Å². The summed E-state index contributed by atoms with van der Waals surface area (Å²) >= 11 is 0. The second kappa shape index (κ2) is 10.9. The van der Waals surface area contributed by atoms with Crippen LogP contribution in [-0.4, -0.2) is 4.98 Å². The number of H-pyrrole nitrogens is 1. The number of allylic oxidation sites excluding steroid dienone is 1. The van der Waals surface area contributed by atoms with Crippen LogP contribution in [0, 0.1) is 6.20 Å². The fraction of sp³-hybridized carbons (Fsp3) is 0.308. The van der Waals surface area contributed by atoms with Crippen LogP contribution in [0.5, 0.6) is 0 Å². The largest absolute Gasteiger partial charge is 4.00 e. The SMILES string of the molecule is C=C1[C-]=c2ccccc2=C1.CC(C)(C)c1[c-][nH]c2cccc(C(C)(C)C)c12.[Cl-].[Cl-].[Ti+4]. The molecule has 156 valence electrons. The van der Waals surface area contributed by atoms with Gasteiger partial charge in [-0.15, -0.1) is 63.0 Å². The summed E-state index contributed by atoms with van der Waals surface area (Å²) in [6, 6.07) is 14.6. The molecule has 4 heteroatoms. The summed E-state index contributed by atoms with van der Waals surface area (Å²) in [6.45, 7) is 17.3. The Kier molecular flexibility index (Phi) is 10.4. The summed E-state index contributed by atoms with van der Waals surface area (Å²) in [6.07, 6.45) is 8.53. The van der Waals surface area contributed by atoms with E-state index in [-0.39, 0.29) is 57.4 Å². The number of fused-ring (bicyclic) bond motifs is 2. The number of hydrogen-bond acceptors (Lipinski definition) is 0. The molecule has 1 N–H and O–H groups in total. The summed E-state index contributed by atoms with van der Waals surface area (Å²) in [5.41, 5.74) is 5.15. The molecule has 0 unspecified atom stereocenters. The van der Waals surface area contributed by atoms with Crippen LogP contribution in [-0.2, 0) is 32.5 Å². The topological polar surface area (TPSA) is 15.8 Å². The molecular formula is C26H29Cl2NTi. The molecule has 0 aliphatic heterocycles.